The van der Waals surface area contributed by atoms with E-state index in [1.54, 1.807) is 11.3 Å². The lowest BCUT2D eigenvalue weighted by Gasteiger charge is -2.22. The lowest BCUT2D eigenvalue weighted by Crippen LogP contribution is -2.27. The Bertz CT molecular complexity index is 1160. The number of aromatic nitrogens is 4. The Morgan fingerprint density at radius 1 is 1.14 bits per heavy atom. The van der Waals surface area contributed by atoms with E-state index in [0.29, 0.717) is 12.7 Å². The first-order chi connectivity index (χ1) is 13.7. The molecule has 1 aliphatic heterocycles. The number of aryl methyl sites for hydroxylation is 1. The predicted molar refractivity (Wildman–Crippen MR) is 115 cm³/mol. The molecule has 7 heteroatoms. The van der Waals surface area contributed by atoms with Crippen molar-refractivity contribution in [2.45, 2.75) is 32.5 Å². The molecule has 0 radical (unpaired) electrons. The van der Waals surface area contributed by atoms with Gasteiger partial charge in [0, 0.05) is 6.54 Å². The molecule has 5 rings (SSSR count). The van der Waals surface area contributed by atoms with Crippen LogP contribution in [0.4, 0.5) is 0 Å². The number of rotatable bonds is 4. The SMILES string of the molecule is Cc1ccccc1-n1cnn(CN2CCC[C@H]2c2nc3ccccc3s2)c1=S. The second kappa shape index (κ2) is 7.24. The molecule has 0 bridgehead atoms. The maximum Gasteiger partial charge on any atom is 0.203 e. The summed E-state index contributed by atoms with van der Waals surface area (Å²) in [6.07, 6.45) is 4.13. The highest BCUT2D eigenvalue weighted by atomic mass is 32.1. The summed E-state index contributed by atoms with van der Waals surface area (Å²) in [5.41, 5.74) is 3.37. The quantitative estimate of drug-likeness (QED) is 0.440. The molecule has 0 spiro atoms. The second-order valence-electron chi connectivity index (χ2n) is 7.20. The molecule has 142 valence electrons. The standard InChI is InChI=1S/C21H21N5S2/c1-15-7-2-4-9-17(15)25-13-22-26(21(25)27)14-24-12-6-10-18(24)20-23-16-8-3-5-11-19(16)28-20/h2-5,7-9,11,13,18H,6,10,12,14H2,1H3/t18-/m0/s1. The van der Waals surface area contributed by atoms with Gasteiger partial charge in [-0.25, -0.2) is 9.67 Å². The highest BCUT2D eigenvalue weighted by Gasteiger charge is 2.29. The monoisotopic (exact) mass is 407 g/mol. The summed E-state index contributed by atoms with van der Waals surface area (Å²) in [6, 6.07) is 17.0. The first-order valence-corrected chi connectivity index (χ1v) is 10.7. The van der Waals surface area contributed by atoms with Gasteiger partial charge in [-0.3, -0.25) is 9.47 Å². The van der Waals surface area contributed by atoms with Crippen molar-refractivity contribution < 1.29 is 0 Å². The molecule has 0 amide bonds. The van der Waals surface area contributed by atoms with Crippen LogP contribution >= 0.6 is 23.6 Å². The van der Waals surface area contributed by atoms with Crippen molar-refractivity contribution in [1.82, 2.24) is 24.2 Å². The third-order valence-corrected chi connectivity index (χ3v) is 6.93. The normalized spacial score (nSPS) is 17.5. The van der Waals surface area contributed by atoms with E-state index in [9.17, 15) is 0 Å². The van der Waals surface area contributed by atoms with E-state index >= 15 is 0 Å². The van der Waals surface area contributed by atoms with E-state index in [1.165, 1.54) is 21.7 Å². The predicted octanol–water partition coefficient (Wildman–Crippen LogP) is 5.12. The van der Waals surface area contributed by atoms with Crippen molar-refractivity contribution >= 4 is 33.8 Å². The average Bonchev–Trinajstić information content (AvgIpc) is 3.42. The van der Waals surface area contributed by atoms with E-state index < -0.39 is 0 Å². The summed E-state index contributed by atoms with van der Waals surface area (Å²) in [7, 11) is 0. The molecule has 0 saturated carbocycles. The number of hydrogen-bond acceptors (Lipinski definition) is 5. The molecule has 28 heavy (non-hydrogen) atoms. The summed E-state index contributed by atoms with van der Waals surface area (Å²) < 4.78 is 5.90. The van der Waals surface area contributed by atoms with Gasteiger partial charge in [0.25, 0.3) is 0 Å². The largest absolute Gasteiger partial charge is 0.275 e. The Hall–Kier alpha value is -2.35. The number of hydrogen-bond donors (Lipinski definition) is 0. The molecule has 1 atom stereocenters. The Balaban J connectivity index is 1.43. The van der Waals surface area contributed by atoms with Crippen LogP contribution in [0.15, 0.2) is 54.9 Å². The number of para-hydroxylation sites is 2. The molecule has 0 aliphatic carbocycles. The van der Waals surface area contributed by atoms with Crippen molar-refractivity contribution in [2.75, 3.05) is 6.54 Å². The van der Waals surface area contributed by atoms with Crippen LogP contribution in [0.3, 0.4) is 0 Å². The van der Waals surface area contributed by atoms with Gasteiger partial charge in [0.2, 0.25) is 4.77 Å². The van der Waals surface area contributed by atoms with Crippen molar-refractivity contribution in [3.05, 3.63) is 70.2 Å². The fraction of sp³-hybridized carbons (Fsp3) is 0.286. The maximum atomic E-state index is 5.73. The number of thiazole rings is 1. The van der Waals surface area contributed by atoms with Gasteiger partial charge in [-0.2, -0.15) is 5.10 Å². The first-order valence-electron chi connectivity index (χ1n) is 9.51. The summed E-state index contributed by atoms with van der Waals surface area (Å²) in [5.74, 6) is 0. The summed E-state index contributed by atoms with van der Waals surface area (Å²) in [5, 5.41) is 5.78. The summed E-state index contributed by atoms with van der Waals surface area (Å²) in [6.45, 7) is 3.83. The van der Waals surface area contributed by atoms with E-state index in [4.69, 9.17) is 17.2 Å². The molecule has 1 aliphatic rings. The van der Waals surface area contributed by atoms with Gasteiger partial charge in [-0.15, -0.1) is 11.3 Å². The molecule has 4 aromatic rings. The highest BCUT2D eigenvalue weighted by Crippen LogP contribution is 2.36. The number of nitrogens with zero attached hydrogens (tertiary/aromatic N) is 5. The van der Waals surface area contributed by atoms with Gasteiger partial charge in [0.05, 0.1) is 28.6 Å². The zero-order chi connectivity index (χ0) is 19.1. The van der Waals surface area contributed by atoms with Crippen LogP contribution in [0.1, 0.15) is 29.5 Å². The Morgan fingerprint density at radius 3 is 2.82 bits per heavy atom. The Labute approximate surface area is 172 Å². The van der Waals surface area contributed by atoms with Crippen LogP contribution in [0.5, 0.6) is 0 Å². The van der Waals surface area contributed by atoms with Crippen LogP contribution in [0.2, 0.25) is 0 Å². The zero-order valence-electron chi connectivity index (χ0n) is 15.7. The fourth-order valence-electron chi connectivity index (χ4n) is 3.91. The molecule has 0 unspecified atom stereocenters. The molecular weight excluding hydrogens is 386 g/mol. The molecule has 2 aromatic carbocycles. The maximum absolute atomic E-state index is 5.73. The average molecular weight is 408 g/mol. The van der Waals surface area contributed by atoms with Crippen LogP contribution in [0.25, 0.3) is 15.9 Å². The summed E-state index contributed by atoms with van der Waals surface area (Å²) in [4.78, 5) is 7.34. The molecule has 2 aromatic heterocycles. The third-order valence-electron chi connectivity index (χ3n) is 5.38. The minimum Gasteiger partial charge on any atom is -0.275 e. The minimum atomic E-state index is 0.336. The van der Waals surface area contributed by atoms with Crippen molar-refractivity contribution in [1.29, 1.82) is 0 Å². The van der Waals surface area contributed by atoms with Crippen molar-refractivity contribution in [2.24, 2.45) is 0 Å². The van der Waals surface area contributed by atoms with E-state index in [-0.39, 0.29) is 0 Å². The first kappa shape index (κ1) is 17.7. The zero-order valence-corrected chi connectivity index (χ0v) is 17.3. The number of benzene rings is 2. The van der Waals surface area contributed by atoms with Crippen molar-refractivity contribution in [3.63, 3.8) is 0 Å². The molecule has 1 saturated heterocycles. The second-order valence-corrected chi connectivity index (χ2v) is 8.63. The molecular formula is C21H21N5S2. The van der Waals surface area contributed by atoms with Crippen LogP contribution in [0, 0.1) is 11.7 Å². The van der Waals surface area contributed by atoms with Crippen LogP contribution in [-0.4, -0.2) is 30.8 Å². The summed E-state index contributed by atoms with van der Waals surface area (Å²) >= 11 is 7.54. The van der Waals surface area contributed by atoms with E-state index in [1.807, 2.05) is 27.7 Å². The fourth-order valence-corrected chi connectivity index (χ4v) is 5.30. The van der Waals surface area contributed by atoms with Gasteiger partial charge in [0.1, 0.15) is 11.3 Å². The van der Waals surface area contributed by atoms with Crippen LogP contribution < -0.4 is 0 Å². The van der Waals surface area contributed by atoms with Gasteiger partial charge in [0.15, 0.2) is 0 Å². The van der Waals surface area contributed by atoms with Crippen LogP contribution in [-0.2, 0) is 6.67 Å². The molecule has 1 fully saturated rings. The Morgan fingerprint density at radius 2 is 1.96 bits per heavy atom. The van der Waals surface area contributed by atoms with Gasteiger partial charge in [-0.05, 0) is 55.7 Å². The van der Waals surface area contributed by atoms with Gasteiger partial charge >= 0.3 is 0 Å². The minimum absolute atomic E-state index is 0.336. The van der Waals surface area contributed by atoms with E-state index in [0.717, 1.165) is 28.9 Å². The number of likely N-dealkylation sites (tertiary alicyclic amines) is 1. The lowest BCUT2D eigenvalue weighted by molar-refractivity contribution is 0.190. The smallest absolute Gasteiger partial charge is 0.203 e. The topological polar surface area (TPSA) is 38.9 Å². The number of fused-ring (bicyclic) bond motifs is 1. The highest BCUT2D eigenvalue weighted by molar-refractivity contribution is 7.71. The molecule has 5 nitrogen and oxygen atoms in total. The lowest BCUT2D eigenvalue weighted by atomic mass is 10.2. The third kappa shape index (κ3) is 3.09. The molecule has 0 N–H and O–H groups in total. The Kier molecular flexibility index (Phi) is 4.58. The van der Waals surface area contributed by atoms with Gasteiger partial charge < -0.3 is 0 Å². The van der Waals surface area contributed by atoms with Crippen molar-refractivity contribution in [3.8, 4) is 5.69 Å². The van der Waals surface area contributed by atoms with Gasteiger partial charge in [-0.1, -0.05) is 30.3 Å². The molecule has 3 heterocycles. The van der Waals surface area contributed by atoms with E-state index in [2.05, 4.69) is 53.3 Å².